The van der Waals surface area contributed by atoms with Crippen LogP contribution in [0.25, 0.3) is 0 Å². The van der Waals surface area contributed by atoms with E-state index in [1.165, 1.54) is 11.0 Å². The van der Waals surface area contributed by atoms with Crippen LogP contribution >= 0.6 is 0 Å². The first-order chi connectivity index (χ1) is 8.43. The topological polar surface area (TPSA) is 32.3 Å². The van der Waals surface area contributed by atoms with Gasteiger partial charge in [0.2, 0.25) is 5.91 Å². The molecule has 0 saturated heterocycles. The molecule has 0 spiro atoms. The number of benzene rings is 1. The minimum absolute atomic E-state index is 0.0360. The first kappa shape index (κ1) is 12.7. The maximum atomic E-state index is 12.6. The molecule has 98 valence electrons. The molecule has 0 aliphatic carbocycles. The van der Waals surface area contributed by atoms with Crippen molar-refractivity contribution in [2.24, 2.45) is 0 Å². The number of nitrogens with zero attached hydrogens (tertiary/aromatic N) is 1. The predicted molar refractivity (Wildman–Crippen MR) is 62.6 cm³/mol. The van der Waals surface area contributed by atoms with Crippen molar-refractivity contribution >= 4 is 17.3 Å². The van der Waals surface area contributed by atoms with Gasteiger partial charge in [-0.3, -0.25) is 4.79 Å². The van der Waals surface area contributed by atoms with Crippen LogP contribution in [0.3, 0.4) is 0 Å². The fourth-order valence-electron chi connectivity index (χ4n) is 1.96. The van der Waals surface area contributed by atoms with Gasteiger partial charge in [-0.25, -0.2) is 0 Å². The van der Waals surface area contributed by atoms with Crippen molar-refractivity contribution in [1.29, 1.82) is 0 Å². The number of fused-ring (bicyclic) bond motifs is 1. The van der Waals surface area contributed by atoms with Gasteiger partial charge in [0.25, 0.3) is 0 Å². The van der Waals surface area contributed by atoms with E-state index in [4.69, 9.17) is 0 Å². The van der Waals surface area contributed by atoms with E-state index >= 15 is 0 Å². The van der Waals surface area contributed by atoms with Gasteiger partial charge >= 0.3 is 6.18 Å². The van der Waals surface area contributed by atoms with E-state index in [2.05, 4.69) is 5.32 Å². The average Bonchev–Trinajstić information content (AvgIpc) is 2.31. The summed E-state index contributed by atoms with van der Waals surface area (Å²) in [5.74, 6) is -0.121. The van der Waals surface area contributed by atoms with Gasteiger partial charge < -0.3 is 10.2 Å². The number of anilines is 2. The van der Waals surface area contributed by atoms with Gasteiger partial charge in [-0.15, -0.1) is 0 Å². The lowest BCUT2D eigenvalue weighted by Gasteiger charge is -2.30. The molecule has 1 aromatic rings. The Kier molecular flexibility index (Phi) is 3.19. The summed E-state index contributed by atoms with van der Waals surface area (Å²) in [6.45, 7) is 2.46. The normalized spacial score (nSPS) is 15.3. The second-order valence-electron chi connectivity index (χ2n) is 4.13. The summed E-state index contributed by atoms with van der Waals surface area (Å²) in [5, 5.41) is 2.72. The lowest BCUT2D eigenvalue weighted by molar-refractivity contribution is -0.137. The Labute approximate surface area is 103 Å². The summed E-state index contributed by atoms with van der Waals surface area (Å²) in [6, 6.07) is 3.39. The lowest BCUT2D eigenvalue weighted by Crippen LogP contribution is -2.40. The van der Waals surface area contributed by atoms with Crippen molar-refractivity contribution in [3.63, 3.8) is 0 Å². The standard InChI is InChI=1S/C12H13F3N2O/c1-2-5-17-10-4-3-8(12(13,14)15)6-9(10)16-7-11(17)18/h3-4,6,16H,2,5,7H2,1H3. The van der Waals surface area contributed by atoms with Gasteiger partial charge in [-0.1, -0.05) is 6.92 Å². The summed E-state index contributed by atoms with van der Waals surface area (Å²) < 4.78 is 37.7. The minimum Gasteiger partial charge on any atom is -0.374 e. The SMILES string of the molecule is CCCN1C(=O)CNc2cc(C(F)(F)F)ccc21. The van der Waals surface area contributed by atoms with Crippen molar-refractivity contribution in [2.45, 2.75) is 19.5 Å². The second-order valence-corrected chi connectivity index (χ2v) is 4.13. The largest absolute Gasteiger partial charge is 0.416 e. The summed E-state index contributed by atoms with van der Waals surface area (Å²) in [4.78, 5) is 13.2. The molecular weight excluding hydrogens is 245 g/mol. The number of amides is 1. The predicted octanol–water partition coefficient (Wildman–Crippen LogP) is 2.87. The highest BCUT2D eigenvalue weighted by Gasteiger charge is 2.32. The van der Waals surface area contributed by atoms with Gasteiger partial charge in [0.05, 0.1) is 23.5 Å². The monoisotopic (exact) mass is 258 g/mol. The number of carbonyl (C=O) groups is 1. The van der Waals surface area contributed by atoms with Gasteiger partial charge in [0.15, 0.2) is 0 Å². The minimum atomic E-state index is -4.37. The number of nitrogens with one attached hydrogen (secondary N) is 1. The van der Waals surface area contributed by atoms with Crippen molar-refractivity contribution < 1.29 is 18.0 Å². The van der Waals surface area contributed by atoms with Crippen LogP contribution in [0.1, 0.15) is 18.9 Å². The van der Waals surface area contributed by atoms with E-state index in [9.17, 15) is 18.0 Å². The maximum Gasteiger partial charge on any atom is 0.416 e. The van der Waals surface area contributed by atoms with Gasteiger partial charge in [-0.05, 0) is 24.6 Å². The molecule has 1 aliphatic heterocycles. The molecule has 0 aromatic heterocycles. The molecule has 1 aliphatic rings. The molecule has 18 heavy (non-hydrogen) atoms. The van der Waals surface area contributed by atoms with Crippen LogP contribution in [-0.4, -0.2) is 19.0 Å². The molecule has 0 bridgehead atoms. The van der Waals surface area contributed by atoms with Gasteiger partial charge in [-0.2, -0.15) is 13.2 Å². The third-order valence-electron chi connectivity index (χ3n) is 2.79. The zero-order valence-corrected chi connectivity index (χ0v) is 9.84. The number of rotatable bonds is 2. The molecule has 3 nitrogen and oxygen atoms in total. The van der Waals surface area contributed by atoms with Crippen molar-refractivity contribution in [3.8, 4) is 0 Å². The van der Waals surface area contributed by atoms with Crippen LogP contribution in [0, 0.1) is 0 Å². The third-order valence-corrected chi connectivity index (χ3v) is 2.79. The van der Waals surface area contributed by atoms with Crippen LogP contribution in [0.2, 0.25) is 0 Å². The Morgan fingerprint density at radius 3 is 2.72 bits per heavy atom. The molecule has 0 fully saturated rings. The number of carbonyl (C=O) groups excluding carboxylic acids is 1. The first-order valence-corrected chi connectivity index (χ1v) is 5.69. The van der Waals surface area contributed by atoms with Crippen LogP contribution in [0.15, 0.2) is 18.2 Å². The van der Waals surface area contributed by atoms with E-state index in [-0.39, 0.29) is 12.5 Å². The van der Waals surface area contributed by atoms with E-state index in [0.717, 1.165) is 18.6 Å². The molecule has 0 saturated carbocycles. The fourth-order valence-corrected chi connectivity index (χ4v) is 1.96. The summed E-state index contributed by atoms with van der Waals surface area (Å²) >= 11 is 0. The maximum absolute atomic E-state index is 12.6. The van der Waals surface area contributed by atoms with E-state index in [0.29, 0.717) is 17.9 Å². The van der Waals surface area contributed by atoms with E-state index in [1.54, 1.807) is 0 Å². The smallest absolute Gasteiger partial charge is 0.374 e. The summed E-state index contributed by atoms with van der Waals surface area (Å²) in [7, 11) is 0. The molecule has 1 N–H and O–H groups in total. The number of halogens is 3. The first-order valence-electron chi connectivity index (χ1n) is 5.69. The van der Waals surface area contributed by atoms with Crippen molar-refractivity contribution in [3.05, 3.63) is 23.8 Å². The Bertz CT molecular complexity index is 471. The Balaban J connectivity index is 2.40. The van der Waals surface area contributed by atoms with Crippen LogP contribution < -0.4 is 10.2 Å². The molecule has 0 unspecified atom stereocenters. The lowest BCUT2D eigenvalue weighted by atomic mass is 10.1. The van der Waals surface area contributed by atoms with Crippen LogP contribution in [0.5, 0.6) is 0 Å². The molecule has 1 aromatic carbocycles. The van der Waals surface area contributed by atoms with Crippen molar-refractivity contribution in [1.82, 2.24) is 0 Å². The average molecular weight is 258 g/mol. The summed E-state index contributed by atoms with van der Waals surface area (Å²) in [6.07, 6.45) is -3.61. The zero-order valence-electron chi connectivity index (χ0n) is 9.84. The molecule has 6 heteroatoms. The van der Waals surface area contributed by atoms with Crippen LogP contribution in [0.4, 0.5) is 24.5 Å². The molecule has 2 rings (SSSR count). The quantitative estimate of drug-likeness (QED) is 0.884. The van der Waals surface area contributed by atoms with E-state index < -0.39 is 11.7 Å². The van der Waals surface area contributed by atoms with Gasteiger partial charge in [0, 0.05) is 6.54 Å². The zero-order chi connectivity index (χ0) is 13.3. The molecule has 1 amide bonds. The summed E-state index contributed by atoms with van der Waals surface area (Å²) in [5.41, 5.74) is 0.165. The second kappa shape index (κ2) is 4.51. The molecule has 0 radical (unpaired) electrons. The van der Waals surface area contributed by atoms with Gasteiger partial charge in [0.1, 0.15) is 0 Å². The molecular formula is C12H13F3N2O. The number of hydrogen-bond donors (Lipinski definition) is 1. The third kappa shape index (κ3) is 2.27. The Morgan fingerprint density at radius 2 is 2.11 bits per heavy atom. The highest BCUT2D eigenvalue weighted by molar-refractivity contribution is 6.02. The molecule has 0 atom stereocenters. The Hall–Kier alpha value is -1.72. The molecule has 1 heterocycles. The highest BCUT2D eigenvalue weighted by Crippen LogP contribution is 2.36. The van der Waals surface area contributed by atoms with E-state index in [1.807, 2.05) is 6.92 Å². The highest BCUT2D eigenvalue weighted by atomic mass is 19.4. The Morgan fingerprint density at radius 1 is 1.39 bits per heavy atom. The van der Waals surface area contributed by atoms with Crippen molar-refractivity contribution in [2.75, 3.05) is 23.3 Å². The fraction of sp³-hybridized carbons (Fsp3) is 0.417. The number of hydrogen-bond acceptors (Lipinski definition) is 2. The van der Waals surface area contributed by atoms with Crippen LogP contribution in [-0.2, 0) is 11.0 Å². The number of alkyl halides is 3.